The smallest absolute Gasteiger partial charge is 0.363 e. The monoisotopic (exact) mass is 419 g/mol. The normalized spacial score (nSPS) is 14.4. The van der Waals surface area contributed by atoms with Crippen LogP contribution in [-0.4, -0.2) is 19.0 Å². The first-order valence-corrected chi connectivity index (χ1v) is 9.63. The average Bonchev–Trinajstić information content (AvgIpc) is 3.13. The standard InChI is InChI=1S/C24H18ClNO4/c1-28-22-8-3-2-7-20(22)23-26-21(24(27)30-23)14-17-5-4-6-19(13-17)29-15-16-9-11-18(25)12-10-16/h2-14H,15H2,1H3. The highest BCUT2D eigenvalue weighted by molar-refractivity contribution is 6.30. The zero-order valence-corrected chi connectivity index (χ0v) is 16.9. The van der Waals surface area contributed by atoms with E-state index in [2.05, 4.69) is 4.99 Å². The summed E-state index contributed by atoms with van der Waals surface area (Å²) in [5, 5.41) is 0.684. The first-order chi connectivity index (χ1) is 14.6. The Balaban J connectivity index is 1.52. The fourth-order valence-electron chi connectivity index (χ4n) is 2.94. The lowest BCUT2D eigenvalue weighted by Crippen LogP contribution is -2.06. The SMILES string of the molecule is COc1ccccc1C1=NC(=Cc2cccc(OCc3ccc(Cl)cc3)c2)C(=O)O1. The van der Waals surface area contributed by atoms with Gasteiger partial charge in [-0.1, -0.05) is 48.0 Å². The lowest BCUT2D eigenvalue weighted by atomic mass is 10.2. The Labute approximate surface area is 179 Å². The van der Waals surface area contributed by atoms with Crippen molar-refractivity contribution in [3.63, 3.8) is 0 Å². The highest BCUT2D eigenvalue weighted by Gasteiger charge is 2.26. The van der Waals surface area contributed by atoms with Gasteiger partial charge in [0.05, 0.1) is 12.7 Å². The summed E-state index contributed by atoms with van der Waals surface area (Å²) < 4.78 is 16.5. The number of carbonyl (C=O) groups is 1. The summed E-state index contributed by atoms with van der Waals surface area (Å²) in [7, 11) is 1.56. The van der Waals surface area contributed by atoms with Crippen molar-refractivity contribution in [3.8, 4) is 11.5 Å². The molecule has 150 valence electrons. The van der Waals surface area contributed by atoms with Crippen molar-refractivity contribution in [1.29, 1.82) is 0 Å². The summed E-state index contributed by atoms with van der Waals surface area (Å²) >= 11 is 5.91. The van der Waals surface area contributed by atoms with Crippen LogP contribution in [0.3, 0.4) is 0 Å². The van der Waals surface area contributed by atoms with Crippen molar-refractivity contribution >= 4 is 29.5 Å². The Morgan fingerprint density at radius 2 is 1.83 bits per heavy atom. The molecule has 0 fully saturated rings. The van der Waals surface area contributed by atoms with Gasteiger partial charge in [0, 0.05) is 5.02 Å². The van der Waals surface area contributed by atoms with Gasteiger partial charge in [-0.3, -0.25) is 0 Å². The molecule has 0 radical (unpaired) electrons. The van der Waals surface area contributed by atoms with E-state index in [-0.39, 0.29) is 11.6 Å². The minimum Gasteiger partial charge on any atom is -0.496 e. The van der Waals surface area contributed by atoms with Gasteiger partial charge >= 0.3 is 5.97 Å². The van der Waals surface area contributed by atoms with E-state index in [1.54, 1.807) is 25.3 Å². The molecule has 0 atom stereocenters. The highest BCUT2D eigenvalue weighted by Crippen LogP contribution is 2.26. The molecule has 1 heterocycles. The van der Waals surface area contributed by atoms with E-state index < -0.39 is 5.97 Å². The fraction of sp³-hybridized carbons (Fsp3) is 0.0833. The van der Waals surface area contributed by atoms with E-state index in [9.17, 15) is 4.79 Å². The van der Waals surface area contributed by atoms with Gasteiger partial charge in [0.2, 0.25) is 5.90 Å². The minimum atomic E-state index is -0.511. The van der Waals surface area contributed by atoms with Crippen molar-refractivity contribution in [3.05, 3.63) is 100 Å². The fourth-order valence-corrected chi connectivity index (χ4v) is 3.07. The third kappa shape index (κ3) is 4.53. The van der Waals surface area contributed by atoms with Gasteiger partial charge in [0.1, 0.15) is 18.1 Å². The number of halogens is 1. The molecule has 6 heteroatoms. The molecule has 0 saturated heterocycles. The van der Waals surface area contributed by atoms with Gasteiger partial charge in [-0.15, -0.1) is 0 Å². The molecule has 3 aromatic rings. The van der Waals surface area contributed by atoms with Crippen LogP contribution in [-0.2, 0) is 16.1 Å². The topological polar surface area (TPSA) is 57.1 Å². The number of rotatable bonds is 6. The second-order valence-corrected chi connectivity index (χ2v) is 6.96. The second-order valence-electron chi connectivity index (χ2n) is 6.52. The molecule has 0 bridgehead atoms. The largest absolute Gasteiger partial charge is 0.496 e. The Hall–Kier alpha value is -3.57. The second kappa shape index (κ2) is 8.84. The molecule has 0 N–H and O–H groups in total. The number of benzene rings is 3. The molecule has 0 saturated carbocycles. The molecule has 0 aromatic heterocycles. The molecule has 0 unspecified atom stereocenters. The van der Waals surface area contributed by atoms with Crippen molar-refractivity contribution in [2.75, 3.05) is 7.11 Å². The van der Waals surface area contributed by atoms with Gasteiger partial charge in [0.25, 0.3) is 0 Å². The van der Waals surface area contributed by atoms with Gasteiger partial charge in [0.15, 0.2) is 5.70 Å². The van der Waals surface area contributed by atoms with E-state index in [0.29, 0.717) is 28.7 Å². The molecule has 0 aliphatic carbocycles. The molecule has 0 spiro atoms. The Bertz CT molecular complexity index is 1140. The van der Waals surface area contributed by atoms with Gasteiger partial charge in [-0.25, -0.2) is 9.79 Å². The third-order valence-electron chi connectivity index (χ3n) is 4.44. The van der Waals surface area contributed by atoms with Crippen LogP contribution in [0.15, 0.2) is 83.5 Å². The molecule has 4 rings (SSSR count). The first-order valence-electron chi connectivity index (χ1n) is 9.25. The third-order valence-corrected chi connectivity index (χ3v) is 4.69. The molecule has 1 aliphatic heterocycles. The maximum Gasteiger partial charge on any atom is 0.363 e. The number of nitrogens with zero attached hydrogens (tertiary/aromatic N) is 1. The summed E-state index contributed by atoms with van der Waals surface area (Å²) in [5.74, 6) is 0.977. The number of hydrogen-bond acceptors (Lipinski definition) is 5. The lowest BCUT2D eigenvalue weighted by molar-refractivity contribution is -0.129. The zero-order valence-electron chi connectivity index (χ0n) is 16.2. The first kappa shape index (κ1) is 19.7. The van der Waals surface area contributed by atoms with Gasteiger partial charge < -0.3 is 14.2 Å². The van der Waals surface area contributed by atoms with Gasteiger partial charge in [-0.05, 0) is 53.6 Å². The van der Waals surface area contributed by atoms with Crippen molar-refractivity contribution in [1.82, 2.24) is 0 Å². The summed E-state index contributed by atoms with van der Waals surface area (Å²) in [4.78, 5) is 16.6. The lowest BCUT2D eigenvalue weighted by Gasteiger charge is -2.07. The maximum absolute atomic E-state index is 12.3. The molecule has 0 amide bonds. The van der Waals surface area contributed by atoms with Crippen LogP contribution in [0.1, 0.15) is 16.7 Å². The summed E-state index contributed by atoms with van der Waals surface area (Å²) in [6.07, 6.45) is 1.67. The molecule has 3 aromatic carbocycles. The highest BCUT2D eigenvalue weighted by atomic mass is 35.5. The Morgan fingerprint density at radius 3 is 2.63 bits per heavy atom. The van der Waals surface area contributed by atoms with Gasteiger partial charge in [-0.2, -0.15) is 0 Å². The van der Waals surface area contributed by atoms with Crippen LogP contribution >= 0.6 is 11.6 Å². The zero-order chi connectivity index (χ0) is 20.9. The number of hydrogen-bond donors (Lipinski definition) is 0. The molecule has 1 aliphatic rings. The Morgan fingerprint density at radius 1 is 1.03 bits per heavy atom. The van der Waals surface area contributed by atoms with Crippen LogP contribution in [0.25, 0.3) is 6.08 Å². The van der Waals surface area contributed by atoms with Crippen molar-refractivity contribution < 1.29 is 19.0 Å². The quantitative estimate of drug-likeness (QED) is 0.403. The van der Waals surface area contributed by atoms with E-state index >= 15 is 0 Å². The molecule has 5 nitrogen and oxygen atoms in total. The van der Waals surface area contributed by atoms with Crippen molar-refractivity contribution in [2.24, 2.45) is 4.99 Å². The van der Waals surface area contributed by atoms with Crippen LogP contribution in [0.5, 0.6) is 11.5 Å². The summed E-state index contributed by atoms with van der Waals surface area (Å²) in [5.41, 5.74) is 2.62. The number of para-hydroxylation sites is 1. The van der Waals surface area contributed by atoms with Crippen LogP contribution < -0.4 is 9.47 Å². The molecular formula is C24H18ClNO4. The van der Waals surface area contributed by atoms with Crippen LogP contribution in [0.4, 0.5) is 0 Å². The van der Waals surface area contributed by atoms with E-state index in [4.69, 9.17) is 25.8 Å². The number of carbonyl (C=O) groups excluding carboxylic acids is 1. The predicted molar refractivity (Wildman–Crippen MR) is 116 cm³/mol. The van der Waals surface area contributed by atoms with Crippen LogP contribution in [0, 0.1) is 0 Å². The van der Waals surface area contributed by atoms with E-state index in [1.807, 2.05) is 60.7 Å². The van der Waals surface area contributed by atoms with E-state index in [1.165, 1.54) is 0 Å². The van der Waals surface area contributed by atoms with Crippen LogP contribution in [0.2, 0.25) is 5.02 Å². The number of cyclic esters (lactones) is 1. The molecule has 30 heavy (non-hydrogen) atoms. The molecular weight excluding hydrogens is 402 g/mol. The predicted octanol–water partition coefficient (Wildman–Crippen LogP) is 5.27. The number of methoxy groups -OCH3 is 1. The average molecular weight is 420 g/mol. The summed E-state index contributed by atoms with van der Waals surface area (Å²) in [6, 6.07) is 22.1. The number of esters is 1. The van der Waals surface area contributed by atoms with E-state index in [0.717, 1.165) is 11.1 Å². The number of aliphatic imine (C=N–C) groups is 1. The maximum atomic E-state index is 12.3. The number of ether oxygens (including phenoxy) is 3. The summed E-state index contributed by atoms with van der Waals surface area (Å²) in [6.45, 7) is 0.412. The minimum absolute atomic E-state index is 0.214. The Kier molecular flexibility index (Phi) is 5.82. The van der Waals surface area contributed by atoms with Crippen molar-refractivity contribution in [2.45, 2.75) is 6.61 Å².